The lowest BCUT2D eigenvalue weighted by atomic mass is 10.1. The lowest BCUT2D eigenvalue weighted by molar-refractivity contribution is 0.102. The van der Waals surface area contributed by atoms with Crippen LogP contribution in [0.2, 0.25) is 0 Å². The fraction of sp³-hybridized carbons (Fsp3) is 0.167. The number of rotatable bonds is 5. The number of imidazole rings is 1. The van der Waals surface area contributed by atoms with Gasteiger partial charge >= 0.3 is 0 Å². The fourth-order valence-electron chi connectivity index (χ4n) is 3.36. The van der Waals surface area contributed by atoms with Gasteiger partial charge in [-0.2, -0.15) is 0 Å². The van der Waals surface area contributed by atoms with E-state index in [9.17, 15) is 4.79 Å². The van der Waals surface area contributed by atoms with E-state index in [1.54, 1.807) is 32.4 Å². The van der Waals surface area contributed by atoms with Crippen molar-refractivity contribution in [3.63, 3.8) is 0 Å². The van der Waals surface area contributed by atoms with Crippen molar-refractivity contribution in [3.05, 3.63) is 77.6 Å². The van der Waals surface area contributed by atoms with Crippen LogP contribution in [-0.2, 0) is 0 Å². The third-order valence-corrected chi connectivity index (χ3v) is 4.96. The maximum atomic E-state index is 13.4. The van der Waals surface area contributed by atoms with E-state index >= 15 is 0 Å². The molecule has 2 aromatic heterocycles. The minimum Gasteiger partial charge on any atom is -0.497 e. The molecule has 152 valence electrons. The van der Waals surface area contributed by atoms with Crippen molar-refractivity contribution >= 4 is 17.2 Å². The zero-order chi connectivity index (χ0) is 21.3. The largest absolute Gasteiger partial charge is 0.497 e. The number of ether oxygens (including phenoxy) is 2. The molecule has 2 aromatic carbocycles. The number of hydrogen-bond acceptors (Lipinski definition) is 4. The summed E-state index contributed by atoms with van der Waals surface area (Å²) in [6.45, 7) is 4.01. The minimum atomic E-state index is -0.271. The fourth-order valence-corrected chi connectivity index (χ4v) is 3.36. The highest BCUT2D eigenvalue weighted by Gasteiger charge is 2.22. The summed E-state index contributed by atoms with van der Waals surface area (Å²) in [5, 5.41) is 2.97. The first-order valence-corrected chi connectivity index (χ1v) is 9.59. The molecule has 0 spiro atoms. The van der Waals surface area contributed by atoms with Gasteiger partial charge in [-0.15, -0.1) is 0 Å². The standard InChI is InChI=1S/C24H23N3O3/c1-15-5-8-17(9-6-15)22-23(27-14-16(2)7-12-21(27)26-22)24(28)25-19-11-10-18(29-3)13-20(19)30-4/h5-14H,1-4H3,(H,25,28). The highest BCUT2D eigenvalue weighted by atomic mass is 16.5. The normalized spacial score (nSPS) is 10.8. The van der Waals surface area contributed by atoms with Gasteiger partial charge in [0, 0.05) is 17.8 Å². The van der Waals surface area contributed by atoms with Crippen LogP contribution < -0.4 is 14.8 Å². The van der Waals surface area contributed by atoms with Crippen LogP contribution in [0.25, 0.3) is 16.9 Å². The lowest BCUT2D eigenvalue weighted by Gasteiger charge is -2.12. The van der Waals surface area contributed by atoms with Crippen molar-refractivity contribution < 1.29 is 14.3 Å². The average molecular weight is 401 g/mol. The van der Waals surface area contributed by atoms with Gasteiger partial charge in [-0.3, -0.25) is 9.20 Å². The van der Waals surface area contributed by atoms with Crippen LogP contribution in [0.1, 0.15) is 21.6 Å². The average Bonchev–Trinajstić information content (AvgIpc) is 3.13. The van der Waals surface area contributed by atoms with Crippen molar-refractivity contribution in [1.82, 2.24) is 9.38 Å². The summed E-state index contributed by atoms with van der Waals surface area (Å²) in [6.07, 6.45) is 1.92. The molecule has 0 atom stereocenters. The zero-order valence-corrected chi connectivity index (χ0v) is 17.4. The number of aryl methyl sites for hydroxylation is 2. The van der Waals surface area contributed by atoms with Crippen molar-refractivity contribution in [2.75, 3.05) is 19.5 Å². The van der Waals surface area contributed by atoms with E-state index in [1.807, 2.05) is 60.8 Å². The molecule has 4 aromatic rings. The number of carbonyl (C=O) groups excluding carboxylic acids is 1. The topological polar surface area (TPSA) is 64.9 Å². The smallest absolute Gasteiger partial charge is 0.275 e. The number of amides is 1. The summed E-state index contributed by atoms with van der Waals surface area (Å²) in [7, 11) is 3.14. The Bertz CT molecular complexity index is 1230. The Morgan fingerprint density at radius 1 is 0.933 bits per heavy atom. The number of nitrogens with zero attached hydrogens (tertiary/aromatic N) is 2. The molecule has 0 unspecified atom stereocenters. The number of carbonyl (C=O) groups is 1. The number of pyridine rings is 1. The molecule has 0 saturated carbocycles. The predicted molar refractivity (Wildman–Crippen MR) is 118 cm³/mol. The molecule has 0 radical (unpaired) electrons. The van der Waals surface area contributed by atoms with Crippen molar-refractivity contribution in [1.29, 1.82) is 0 Å². The molecule has 2 heterocycles. The van der Waals surface area contributed by atoms with Gasteiger partial charge < -0.3 is 14.8 Å². The molecule has 0 fully saturated rings. The second kappa shape index (κ2) is 7.91. The maximum absolute atomic E-state index is 13.4. The Balaban J connectivity index is 1.82. The van der Waals surface area contributed by atoms with E-state index in [1.165, 1.54) is 0 Å². The lowest BCUT2D eigenvalue weighted by Crippen LogP contribution is -2.16. The van der Waals surface area contributed by atoms with E-state index in [0.29, 0.717) is 34.2 Å². The summed E-state index contributed by atoms with van der Waals surface area (Å²) >= 11 is 0. The van der Waals surface area contributed by atoms with Gasteiger partial charge in [0.2, 0.25) is 0 Å². The molecule has 0 saturated heterocycles. The first-order valence-electron chi connectivity index (χ1n) is 9.59. The van der Waals surface area contributed by atoms with Gasteiger partial charge in [-0.1, -0.05) is 35.9 Å². The summed E-state index contributed by atoms with van der Waals surface area (Å²) in [5.41, 5.74) is 5.43. The SMILES string of the molecule is COc1ccc(NC(=O)c2c(-c3ccc(C)cc3)nc3ccc(C)cn23)c(OC)c1. The second-order valence-corrected chi connectivity index (χ2v) is 7.13. The Morgan fingerprint density at radius 2 is 1.67 bits per heavy atom. The number of nitrogens with one attached hydrogen (secondary N) is 1. The van der Waals surface area contributed by atoms with Crippen LogP contribution >= 0.6 is 0 Å². The number of benzene rings is 2. The predicted octanol–water partition coefficient (Wildman–Crippen LogP) is 4.89. The Morgan fingerprint density at radius 3 is 2.37 bits per heavy atom. The van der Waals surface area contributed by atoms with Gasteiger partial charge in [-0.05, 0) is 37.6 Å². The van der Waals surface area contributed by atoms with E-state index in [2.05, 4.69) is 5.32 Å². The molecule has 6 nitrogen and oxygen atoms in total. The third-order valence-electron chi connectivity index (χ3n) is 4.96. The Labute approximate surface area is 175 Å². The van der Waals surface area contributed by atoms with E-state index in [0.717, 1.165) is 16.7 Å². The summed E-state index contributed by atoms with van der Waals surface area (Å²) in [5.74, 6) is 0.896. The van der Waals surface area contributed by atoms with Gasteiger partial charge in [-0.25, -0.2) is 4.98 Å². The first kappa shape index (κ1) is 19.5. The highest BCUT2D eigenvalue weighted by molar-refractivity contribution is 6.08. The van der Waals surface area contributed by atoms with Crippen LogP contribution in [0.5, 0.6) is 11.5 Å². The molecule has 4 rings (SSSR count). The minimum absolute atomic E-state index is 0.271. The summed E-state index contributed by atoms with van der Waals surface area (Å²) in [6, 6.07) is 17.1. The van der Waals surface area contributed by atoms with Gasteiger partial charge in [0.25, 0.3) is 5.91 Å². The van der Waals surface area contributed by atoms with E-state index in [-0.39, 0.29) is 5.91 Å². The summed E-state index contributed by atoms with van der Waals surface area (Å²) in [4.78, 5) is 18.2. The Kier molecular flexibility index (Phi) is 5.14. The molecular weight excluding hydrogens is 378 g/mol. The molecule has 30 heavy (non-hydrogen) atoms. The first-order chi connectivity index (χ1) is 14.5. The van der Waals surface area contributed by atoms with Crippen molar-refractivity contribution in [2.45, 2.75) is 13.8 Å². The van der Waals surface area contributed by atoms with Gasteiger partial charge in [0.15, 0.2) is 0 Å². The van der Waals surface area contributed by atoms with Gasteiger partial charge in [0.1, 0.15) is 28.5 Å². The number of fused-ring (bicyclic) bond motifs is 1. The molecule has 1 amide bonds. The van der Waals surface area contributed by atoms with Gasteiger partial charge in [0.05, 0.1) is 19.9 Å². The van der Waals surface area contributed by atoms with Crippen LogP contribution in [0.4, 0.5) is 5.69 Å². The van der Waals surface area contributed by atoms with Crippen LogP contribution in [0.15, 0.2) is 60.8 Å². The quantitative estimate of drug-likeness (QED) is 0.517. The van der Waals surface area contributed by atoms with E-state index < -0.39 is 0 Å². The number of aromatic nitrogens is 2. The number of anilines is 1. The summed E-state index contributed by atoms with van der Waals surface area (Å²) < 4.78 is 12.5. The molecule has 0 bridgehead atoms. The molecule has 0 aliphatic heterocycles. The van der Waals surface area contributed by atoms with Crippen LogP contribution in [0, 0.1) is 13.8 Å². The highest BCUT2D eigenvalue weighted by Crippen LogP contribution is 2.31. The van der Waals surface area contributed by atoms with Crippen molar-refractivity contribution in [2.24, 2.45) is 0 Å². The monoisotopic (exact) mass is 401 g/mol. The van der Waals surface area contributed by atoms with Crippen molar-refractivity contribution in [3.8, 4) is 22.8 Å². The molecule has 0 aliphatic rings. The molecule has 6 heteroatoms. The zero-order valence-electron chi connectivity index (χ0n) is 17.4. The molecule has 1 N–H and O–H groups in total. The molecular formula is C24H23N3O3. The Hall–Kier alpha value is -3.80. The molecule has 0 aliphatic carbocycles. The van der Waals surface area contributed by atoms with E-state index in [4.69, 9.17) is 14.5 Å². The number of hydrogen-bond donors (Lipinski definition) is 1. The second-order valence-electron chi connectivity index (χ2n) is 7.13. The van der Waals surface area contributed by atoms with Crippen LogP contribution in [-0.4, -0.2) is 29.5 Å². The third kappa shape index (κ3) is 3.59. The van der Waals surface area contributed by atoms with Crippen LogP contribution in [0.3, 0.4) is 0 Å². The number of methoxy groups -OCH3 is 2. The maximum Gasteiger partial charge on any atom is 0.275 e.